The van der Waals surface area contributed by atoms with Gasteiger partial charge in [-0.3, -0.25) is 0 Å². The Bertz CT molecular complexity index is 1130. The predicted octanol–water partition coefficient (Wildman–Crippen LogP) is 4.78. The standard InChI is InChI=1S/C22H18FNO3S/c1-15-8-2-3-9-16(15)19(17-10-4-6-12-20(17)23)14-21-18-11-5-7-13-22(18)27-28(25,26)24-21/h2-13,19H,14H2,1H3/t19-/m0/s1. The minimum Gasteiger partial charge on any atom is -0.365 e. The van der Waals surface area contributed by atoms with Crippen LogP contribution in [0.2, 0.25) is 0 Å². The molecule has 0 fully saturated rings. The molecule has 1 aliphatic heterocycles. The number of hydrogen-bond donors (Lipinski definition) is 0. The molecule has 0 aliphatic carbocycles. The normalized spacial score (nSPS) is 15.9. The van der Waals surface area contributed by atoms with E-state index in [1.165, 1.54) is 6.07 Å². The van der Waals surface area contributed by atoms with Gasteiger partial charge in [0.05, 0.1) is 5.71 Å². The van der Waals surface area contributed by atoms with Crippen molar-refractivity contribution in [2.75, 3.05) is 0 Å². The average Bonchev–Trinajstić information content (AvgIpc) is 2.66. The number of benzene rings is 3. The van der Waals surface area contributed by atoms with Crippen LogP contribution in [0.1, 0.15) is 34.6 Å². The third kappa shape index (κ3) is 3.55. The lowest BCUT2D eigenvalue weighted by molar-refractivity contribution is 0.484. The molecular weight excluding hydrogens is 377 g/mol. The van der Waals surface area contributed by atoms with Gasteiger partial charge in [-0.25, -0.2) is 4.39 Å². The molecule has 3 aromatic carbocycles. The summed E-state index contributed by atoms with van der Waals surface area (Å²) >= 11 is 0. The highest BCUT2D eigenvalue weighted by Gasteiger charge is 2.29. The first-order chi connectivity index (χ1) is 13.4. The van der Waals surface area contributed by atoms with Crippen LogP contribution in [0.5, 0.6) is 5.75 Å². The number of nitrogens with zero attached hydrogens (tertiary/aromatic N) is 1. The number of para-hydroxylation sites is 1. The van der Waals surface area contributed by atoms with Gasteiger partial charge >= 0.3 is 10.3 Å². The van der Waals surface area contributed by atoms with Crippen LogP contribution in [0.15, 0.2) is 77.2 Å². The summed E-state index contributed by atoms with van der Waals surface area (Å²) in [6.45, 7) is 1.96. The molecule has 4 rings (SSSR count). The molecule has 0 unspecified atom stereocenters. The molecule has 142 valence electrons. The van der Waals surface area contributed by atoms with Crippen LogP contribution in [-0.4, -0.2) is 14.1 Å². The molecule has 1 heterocycles. The highest BCUT2D eigenvalue weighted by atomic mass is 32.2. The summed E-state index contributed by atoms with van der Waals surface area (Å²) in [7, 11) is -4.08. The molecule has 28 heavy (non-hydrogen) atoms. The van der Waals surface area contributed by atoms with E-state index in [0.717, 1.165) is 11.1 Å². The van der Waals surface area contributed by atoms with Crippen molar-refractivity contribution in [3.63, 3.8) is 0 Å². The molecule has 1 atom stereocenters. The van der Waals surface area contributed by atoms with E-state index in [0.29, 0.717) is 16.8 Å². The molecule has 3 aromatic rings. The third-order valence-electron chi connectivity index (χ3n) is 4.86. The fourth-order valence-electron chi connectivity index (χ4n) is 3.56. The Morgan fingerprint density at radius 1 is 0.929 bits per heavy atom. The maximum atomic E-state index is 14.7. The van der Waals surface area contributed by atoms with Gasteiger partial charge in [-0.2, -0.15) is 8.42 Å². The lowest BCUT2D eigenvalue weighted by Gasteiger charge is -2.24. The van der Waals surface area contributed by atoms with Gasteiger partial charge in [-0.05, 0) is 41.8 Å². The van der Waals surface area contributed by atoms with E-state index in [-0.39, 0.29) is 23.9 Å². The minimum atomic E-state index is -4.08. The van der Waals surface area contributed by atoms with Gasteiger partial charge in [0, 0.05) is 17.9 Å². The third-order valence-corrected chi connectivity index (χ3v) is 5.69. The quantitative estimate of drug-likeness (QED) is 0.639. The molecule has 0 saturated carbocycles. The monoisotopic (exact) mass is 395 g/mol. The van der Waals surface area contributed by atoms with Gasteiger partial charge in [-0.15, -0.1) is 4.40 Å². The van der Waals surface area contributed by atoms with Crippen LogP contribution in [0.25, 0.3) is 0 Å². The van der Waals surface area contributed by atoms with E-state index in [2.05, 4.69) is 4.40 Å². The van der Waals surface area contributed by atoms with Crippen LogP contribution in [0.3, 0.4) is 0 Å². The van der Waals surface area contributed by atoms with Gasteiger partial charge in [-0.1, -0.05) is 54.6 Å². The van der Waals surface area contributed by atoms with E-state index in [4.69, 9.17) is 4.18 Å². The van der Waals surface area contributed by atoms with Crippen molar-refractivity contribution in [3.8, 4) is 5.75 Å². The highest BCUT2D eigenvalue weighted by Crippen LogP contribution is 2.36. The maximum Gasteiger partial charge on any atom is 0.428 e. The molecule has 0 aromatic heterocycles. The first-order valence-electron chi connectivity index (χ1n) is 8.87. The topological polar surface area (TPSA) is 55.7 Å². The van der Waals surface area contributed by atoms with Crippen LogP contribution in [0.4, 0.5) is 4.39 Å². The van der Waals surface area contributed by atoms with E-state index in [9.17, 15) is 12.8 Å². The highest BCUT2D eigenvalue weighted by molar-refractivity contribution is 7.86. The molecule has 6 heteroatoms. The molecule has 0 radical (unpaired) electrons. The van der Waals surface area contributed by atoms with Crippen LogP contribution < -0.4 is 4.18 Å². The second-order valence-electron chi connectivity index (χ2n) is 6.68. The first-order valence-corrected chi connectivity index (χ1v) is 10.2. The summed E-state index contributed by atoms with van der Waals surface area (Å²) in [5.41, 5.74) is 3.39. The van der Waals surface area contributed by atoms with Crippen molar-refractivity contribution in [2.45, 2.75) is 19.3 Å². The molecule has 0 spiro atoms. The smallest absolute Gasteiger partial charge is 0.365 e. The maximum absolute atomic E-state index is 14.7. The zero-order valence-electron chi connectivity index (χ0n) is 15.2. The van der Waals surface area contributed by atoms with Crippen LogP contribution >= 0.6 is 0 Å². The Kier molecular flexibility index (Phi) is 4.73. The number of halogens is 1. The van der Waals surface area contributed by atoms with Gasteiger partial charge in [0.2, 0.25) is 0 Å². The van der Waals surface area contributed by atoms with Crippen molar-refractivity contribution < 1.29 is 17.0 Å². The predicted molar refractivity (Wildman–Crippen MR) is 107 cm³/mol. The largest absolute Gasteiger partial charge is 0.428 e. The van der Waals surface area contributed by atoms with Crippen molar-refractivity contribution in [1.29, 1.82) is 0 Å². The average molecular weight is 395 g/mol. The molecule has 0 saturated heterocycles. The van der Waals surface area contributed by atoms with E-state index >= 15 is 0 Å². The van der Waals surface area contributed by atoms with Crippen molar-refractivity contribution >= 4 is 16.0 Å². The van der Waals surface area contributed by atoms with Crippen molar-refractivity contribution in [1.82, 2.24) is 0 Å². The zero-order chi connectivity index (χ0) is 19.7. The fourth-order valence-corrected chi connectivity index (χ4v) is 4.41. The lowest BCUT2D eigenvalue weighted by atomic mass is 9.83. The number of fused-ring (bicyclic) bond motifs is 1. The SMILES string of the molecule is Cc1ccccc1[C@H](CC1=NS(=O)(=O)Oc2ccccc21)c1ccccc1F. The summed E-state index contributed by atoms with van der Waals surface area (Å²) in [4.78, 5) is 0. The Morgan fingerprint density at radius 2 is 1.57 bits per heavy atom. The lowest BCUT2D eigenvalue weighted by Crippen LogP contribution is -2.21. The summed E-state index contributed by atoms with van der Waals surface area (Å²) < 4.78 is 47.8. The Balaban J connectivity index is 1.86. The molecular formula is C22H18FNO3S. The molecule has 0 bridgehead atoms. The van der Waals surface area contributed by atoms with Gasteiger partial charge in [0.15, 0.2) is 5.75 Å². The fraction of sp³-hybridized carbons (Fsp3) is 0.136. The Labute approximate surface area is 163 Å². The van der Waals surface area contributed by atoms with Crippen molar-refractivity contribution in [3.05, 3.63) is 101 Å². The van der Waals surface area contributed by atoms with E-state index < -0.39 is 10.3 Å². The minimum absolute atomic E-state index is 0.228. The van der Waals surface area contributed by atoms with Crippen LogP contribution in [0, 0.1) is 12.7 Å². The van der Waals surface area contributed by atoms with Crippen LogP contribution in [-0.2, 0) is 10.3 Å². The summed E-state index contributed by atoms with van der Waals surface area (Å²) in [6, 6.07) is 21.1. The summed E-state index contributed by atoms with van der Waals surface area (Å²) in [5.74, 6) is -0.480. The van der Waals surface area contributed by atoms with Gasteiger partial charge in [0.1, 0.15) is 5.82 Å². The Morgan fingerprint density at radius 3 is 2.32 bits per heavy atom. The van der Waals surface area contributed by atoms with E-state index in [1.807, 2.05) is 31.2 Å². The summed E-state index contributed by atoms with van der Waals surface area (Å²) in [6.07, 6.45) is 0.228. The van der Waals surface area contributed by atoms with Gasteiger partial charge < -0.3 is 4.18 Å². The molecule has 1 aliphatic rings. The van der Waals surface area contributed by atoms with Crippen molar-refractivity contribution in [2.24, 2.45) is 4.40 Å². The summed E-state index contributed by atoms with van der Waals surface area (Å²) in [5, 5.41) is 0. The molecule has 0 N–H and O–H groups in total. The second-order valence-corrected chi connectivity index (χ2v) is 7.88. The molecule has 0 amide bonds. The number of hydrogen-bond acceptors (Lipinski definition) is 3. The van der Waals surface area contributed by atoms with E-state index in [1.54, 1.807) is 42.5 Å². The second kappa shape index (κ2) is 7.20. The Hall–Kier alpha value is -2.99. The van der Waals surface area contributed by atoms with Gasteiger partial charge in [0.25, 0.3) is 0 Å². The molecule has 4 nitrogen and oxygen atoms in total. The number of aryl methyl sites for hydroxylation is 1. The first kappa shape index (κ1) is 18.4. The zero-order valence-corrected chi connectivity index (χ0v) is 16.0. The number of rotatable bonds is 4.